The Balaban J connectivity index is 1.76. The molecule has 1 aliphatic heterocycles. The van der Waals surface area contributed by atoms with Gasteiger partial charge in [0.25, 0.3) is 0 Å². The molecule has 1 aromatic carbocycles. The minimum atomic E-state index is -0.420. The standard InChI is InChI=1S/C18H25NO2/c1-18(2,3)21-17(20)19-15-10-9-14(12-15)16(19)11-13-7-5-4-6-8-13/h4-8,14-16H,9-12H2,1-3H3. The summed E-state index contributed by atoms with van der Waals surface area (Å²) >= 11 is 0. The molecule has 3 unspecified atom stereocenters. The first kappa shape index (κ1) is 14.4. The van der Waals surface area contributed by atoms with E-state index in [1.54, 1.807) is 0 Å². The number of carbonyl (C=O) groups is 1. The number of likely N-dealkylation sites (tertiary alicyclic amines) is 1. The molecule has 3 atom stereocenters. The Kier molecular flexibility index (Phi) is 3.68. The lowest BCUT2D eigenvalue weighted by Crippen LogP contribution is -2.48. The van der Waals surface area contributed by atoms with Gasteiger partial charge in [0.15, 0.2) is 0 Å². The molecule has 0 N–H and O–H groups in total. The van der Waals surface area contributed by atoms with E-state index >= 15 is 0 Å². The van der Waals surface area contributed by atoms with Gasteiger partial charge >= 0.3 is 6.09 Å². The first-order valence-corrected chi connectivity index (χ1v) is 7.99. The molecule has 2 fully saturated rings. The van der Waals surface area contributed by atoms with Gasteiger partial charge in [-0.05, 0) is 57.9 Å². The van der Waals surface area contributed by atoms with E-state index in [2.05, 4.69) is 24.3 Å². The Morgan fingerprint density at radius 2 is 1.95 bits per heavy atom. The van der Waals surface area contributed by atoms with Crippen LogP contribution in [0.4, 0.5) is 4.79 Å². The summed E-state index contributed by atoms with van der Waals surface area (Å²) in [5, 5.41) is 0. The van der Waals surface area contributed by atoms with Crippen LogP contribution in [0.1, 0.15) is 45.6 Å². The summed E-state index contributed by atoms with van der Waals surface area (Å²) in [4.78, 5) is 14.6. The number of fused-ring (bicyclic) bond motifs is 2. The number of benzene rings is 1. The second-order valence-electron chi connectivity index (χ2n) is 7.37. The predicted molar refractivity (Wildman–Crippen MR) is 83.1 cm³/mol. The third-order valence-corrected chi connectivity index (χ3v) is 4.63. The van der Waals surface area contributed by atoms with Crippen LogP contribution in [0, 0.1) is 5.92 Å². The average molecular weight is 287 g/mol. The van der Waals surface area contributed by atoms with Crippen LogP contribution in [0.2, 0.25) is 0 Å². The SMILES string of the molecule is CC(C)(C)OC(=O)N1C2CCC(C2)C1Cc1ccccc1. The molecule has 2 aliphatic rings. The van der Waals surface area contributed by atoms with Crippen molar-refractivity contribution in [1.29, 1.82) is 0 Å². The number of piperidine rings is 1. The highest BCUT2D eigenvalue weighted by molar-refractivity contribution is 5.70. The number of hydrogen-bond acceptors (Lipinski definition) is 2. The van der Waals surface area contributed by atoms with Gasteiger partial charge in [-0.1, -0.05) is 30.3 Å². The molecule has 114 valence electrons. The number of hydrogen-bond donors (Lipinski definition) is 0. The van der Waals surface area contributed by atoms with Crippen LogP contribution in [0.15, 0.2) is 30.3 Å². The van der Waals surface area contributed by atoms with Crippen molar-refractivity contribution in [3.63, 3.8) is 0 Å². The Bertz CT molecular complexity index is 506. The third-order valence-electron chi connectivity index (χ3n) is 4.63. The topological polar surface area (TPSA) is 29.5 Å². The fourth-order valence-corrected chi connectivity index (χ4v) is 3.81. The monoisotopic (exact) mass is 287 g/mol. The smallest absolute Gasteiger partial charge is 0.410 e. The van der Waals surface area contributed by atoms with Gasteiger partial charge in [-0.3, -0.25) is 0 Å². The van der Waals surface area contributed by atoms with Gasteiger partial charge in [0.2, 0.25) is 0 Å². The fourth-order valence-electron chi connectivity index (χ4n) is 3.81. The number of carbonyl (C=O) groups excluding carboxylic acids is 1. The van der Waals surface area contributed by atoms with Crippen molar-refractivity contribution in [3.8, 4) is 0 Å². The zero-order chi connectivity index (χ0) is 15.0. The van der Waals surface area contributed by atoms with Crippen LogP contribution in [0.5, 0.6) is 0 Å². The first-order chi connectivity index (χ1) is 9.94. The predicted octanol–water partition coefficient (Wildman–Crippen LogP) is 4.02. The van der Waals surface area contributed by atoms with Crippen LogP contribution in [-0.4, -0.2) is 28.7 Å². The Hall–Kier alpha value is -1.51. The van der Waals surface area contributed by atoms with Crippen molar-refractivity contribution in [2.75, 3.05) is 0 Å². The van der Waals surface area contributed by atoms with E-state index in [4.69, 9.17) is 4.74 Å². The third kappa shape index (κ3) is 3.07. The summed E-state index contributed by atoms with van der Waals surface area (Å²) in [7, 11) is 0. The summed E-state index contributed by atoms with van der Waals surface area (Å²) in [6.07, 6.45) is 4.35. The number of rotatable bonds is 2. The van der Waals surface area contributed by atoms with Gasteiger partial charge < -0.3 is 9.64 Å². The molecule has 0 spiro atoms. The lowest BCUT2D eigenvalue weighted by Gasteiger charge is -2.36. The van der Waals surface area contributed by atoms with Crippen molar-refractivity contribution < 1.29 is 9.53 Å². The molecule has 1 amide bonds. The highest BCUT2D eigenvalue weighted by Gasteiger charge is 2.49. The molecular formula is C18H25NO2. The Morgan fingerprint density at radius 3 is 2.62 bits per heavy atom. The van der Waals surface area contributed by atoms with Crippen molar-refractivity contribution in [3.05, 3.63) is 35.9 Å². The van der Waals surface area contributed by atoms with E-state index in [9.17, 15) is 4.79 Å². The molecule has 1 aliphatic carbocycles. The van der Waals surface area contributed by atoms with Crippen LogP contribution in [0.3, 0.4) is 0 Å². The second kappa shape index (κ2) is 5.36. The van der Waals surface area contributed by atoms with Crippen LogP contribution in [0.25, 0.3) is 0 Å². The number of ether oxygens (including phenoxy) is 1. The van der Waals surface area contributed by atoms with E-state index < -0.39 is 5.60 Å². The molecule has 1 saturated heterocycles. The molecule has 0 radical (unpaired) electrons. The van der Waals surface area contributed by atoms with Gasteiger partial charge in [-0.2, -0.15) is 0 Å². The van der Waals surface area contributed by atoms with Crippen LogP contribution < -0.4 is 0 Å². The second-order valence-corrected chi connectivity index (χ2v) is 7.37. The van der Waals surface area contributed by atoms with E-state index in [1.165, 1.54) is 12.0 Å². The summed E-state index contributed by atoms with van der Waals surface area (Å²) in [5.74, 6) is 0.641. The van der Waals surface area contributed by atoms with Gasteiger partial charge in [0.05, 0.1) is 0 Å². The highest BCUT2D eigenvalue weighted by atomic mass is 16.6. The molecule has 3 nitrogen and oxygen atoms in total. The number of amides is 1. The van der Waals surface area contributed by atoms with Gasteiger partial charge in [-0.15, -0.1) is 0 Å². The van der Waals surface area contributed by atoms with Gasteiger partial charge in [0, 0.05) is 12.1 Å². The molecule has 1 aromatic rings. The maximum Gasteiger partial charge on any atom is 0.410 e. The van der Waals surface area contributed by atoms with Crippen molar-refractivity contribution in [1.82, 2.24) is 4.90 Å². The zero-order valence-electron chi connectivity index (χ0n) is 13.2. The van der Waals surface area contributed by atoms with Crippen LogP contribution >= 0.6 is 0 Å². The maximum atomic E-state index is 12.6. The Morgan fingerprint density at radius 1 is 1.24 bits per heavy atom. The average Bonchev–Trinajstić information content (AvgIpc) is 2.98. The molecule has 3 rings (SSSR count). The maximum absolute atomic E-state index is 12.6. The molecule has 21 heavy (non-hydrogen) atoms. The van der Waals surface area contributed by atoms with Gasteiger partial charge in [0.1, 0.15) is 5.60 Å². The Labute approximate surface area is 127 Å². The summed E-state index contributed by atoms with van der Waals surface area (Å²) in [5.41, 5.74) is 0.888. The highest BCUT2D eigenvalue weighted by Crippen LogP contribution is 2.44. The zero-order valence-corrected chi connectivity index (χ0v) is 13.2. The lowest BCUT2D eigenvalue weighted by molar-refractivity contribution is 0.00762. The van der Waals surface area contributed by atoms with E-state index in [0.29, 0.717) is 18.0 Å². The van der Waals surface area contributed by atoms with Crippen molar-refractivity contribution in [2.24, 2.45) is 5.92 Å². The lowest BCUT2D eigenvalue weighted by atomic mass is 9.93. The molecule has 1 saturated carbocycles. The van der Waals surface area contributed by atoms with E-state index in [0.717, 1.165) is 19.3 Å². The normalized spacial score (nSPS) is 28.0. The van der Waals surface area contributed by atoms with Crippen LogP contribution in [-0.2, 0) is 11.2 Å². The summed E-state index contributed by atoms with van der Waals surface area (Å²) in [6, 6.07) is 11.2. The quantitative estimate of drug-likeness (QED) is 0.822. The molecule has 3 heteroatoms. The molecule has 1 heterocycles. The van der Waals surface area contributed by atoms with Crippen molar-refractivity contribution in [2.45, 2.75) is 64.1 Å². The first-order valence-electron chi connectivity index (χ1n) is 7.99. The van der Waals surface area contributed by atoms with Crippen molar-refractivity contribution >= 4 is 6.09 Å². The number of nitrogens with zero attached hydrogens (tertiary/aromatic N) is 1. The van der Waals surface area contributed by atoms with E-state index in [1.807, 2.05) is 31.7 Å². The molecular weight excluding hydrogens is 262 g/mol. The van der Waals surface area contributed by atoms with Gasteiger partial charge in [-0.25, -0.2) is 4.79 Å². The summed E-state index contributed by atoms with van der Waals surface area (Å²) in [6.45, 7) is 5.81. The minimum absolute atomic E-state index is 0.129. The summed E-state index contributed by atoms with van der Waals surface area (Å²) < 4.78 is 5.63. The largest absolute Gasteiger partial charge is 0.444 e. The van der Waals surface area contributed by atoms with E-state index in [-0.39, 0.29) is 6.09 Å². The molecule has 0 aromatic heterocycles. The molecule has 2 bridgehead atoms. The fraction of sp³-hybridized carbons (Fsp3) is 0.611. The minimum Gasteiger partial charge on any atom is -0.444 e.